The average Bonchev–Trinajstić information content (AvgIpc) is 3.42. The molecule has 0 aliphatic carbocycles. The number of fused-ring (bicyclic) bond motifs is 2. The van der Waals surface area contributed by atoms with Gasteiger partial charge in [0, 0.05) is 31.6 Å². The Morgan fingerprint density at radius 1 is 1.24 bits per heavy atom. The lowest BCUT2D eigenvalue weighted by atomic mass is 9.96. The minimum Gasteiger partial charge on any atom is -0.505 e. The van der Waals surface area contributed by atoms with Gasteiger partial charge in [-0.3, -0.25) is 15.0 Å². The Labute approximate surface area is 192 Å². The molecule has 0 spiro atoms. The van der Waals surface area contributed by atoms with E-state index in [0.717, 1.165) is 70.9 Å². The van der Waals surface area contributed by atoms with E-state index in [9.17, 15) is 9.50 Å². The zero-order valence-corrected chi connectivity index (χ0v) is 19.2. The lowest BCUT2D eigenvalue weighted by Crippen LogP contribution is -2.39. The first kappa shape index (κ1) is 21.6. The molecule has 0 saturated heterocycles. The van der Waals surface area contributed by atoms with Crippen LogP contribution in [0.3, 0.4) is 0 Å². The number of nitrogens with one attached hydrogen (secondary N) is 2. The molecule has 8 heteroatoms. The van der Waals surface area contributed by atoms with Gasteiger partial charge in [-0.2, -0.15) is 5.10 Å². The molecule has 2 aromatic carbocycles. The van der Waals surface area contributed by atoms with Crippen molar-refractivity contribution in [2.45, 2.75) is 19.5 Å². The van der Waals surface area contributed by atoms with Crippen LogP contribution in [0.4, 0.5) is 4.39 Å². The van der Waals surface area contributed by atoms with Crippen LogP contribution in [0.2, 0.25) is 0 Å². The van der Waals surface area contributed by atoms with Crippen LogP contribution in [-0.4, -0.2) is 71.1 Å². The summed E-state index contributed by atoms with van der Waals surface area (Å²) in [7, 11) is 4.18. The van der Waals surface area contributed by atoms with Crippen LogP contribution in [0.5, 0.6) is 5.75 Å². The molecule has 0 amide bonds. The van der Waals surface area contributed by atoms with E-state index in [1.165, 1.54) is 12.1 Å². The van der Waals surface area contributed by atoms with Crippen molar-refractivity contribution >= 4 is 16.6 Å². The van der Waals surface area contributed by atoms with E-state index in [1.54, 1.807) is 0 Å². The summed E-state index contributed by atoms with van der Waals surface area (Å²) >= 11 is 0. The Morgan fingerprint density at radius 2 is 2.09 bits per heavy atom. The Hall–Kier alpha value is -3.23. The Kier molecular flexibility index (Phi) is 5.64. The normalized spacial score (nSPS) is 18.4. The number of aromatic nitrogens is 2. The van der Waals surface area contributed by atoms with E-state index in [0.29, 0.717) is 6.42 Å². The van der Waals surface area contributed by atoms with Crippen molar-refractivity contribution in [3.05, 3.63) is 59.2 Å². The van der Waals surface area contributed by atoms with E-state index < -0.39 is 5.82 Å². The molecule has 1 unspecified atom stereocenters. The van der Waals surface area contributed by atoms with E-state index in [-0.39, 0.29) is 11.9 Å². The number of phenolic OH excluding ortho intramolecular Hbond substituents is 1. The molecule has 5 rings (SSSR count). The molecule has 2 aliphatic heterocycles. The van der Waals surface area contributed by atoms with Gasteiger partial charge in [0.2, 0.25) is 0 Å². The maximum absolute atomic E-state index is 14.1. The van der Waals surface area contributed by atoms with Crippen molar-refractivity contribution in [1.29, 1.82) is 0 Å². The number of rotatable bonds is 6. The number of likely N-dealkylation sites (N-methyl/N-ethyl adjacent to an activating group) is 1. The minimum absolute atomic E-state index is 0.201. The minimum atomic E-state index is -0.619. The zero-order chi connectivity index (χ0) is 23.1. The van der Waals surface area contributed by atoms with E-state index in [2.05, 4.69) is 45.5 Å². The highest BCUT2D eigenvalue weighted by Gasteiger charge is 2.29. The largest absolute Gasteiger partial charge is 0.505 e. The monoisotopic (exact) mass is 448 g/mol. The molecule has 0 radical (unpaired) electrons. The maximum atomic E-state index is 14.1. The molecule has 1 atom stereocenters. The van der Waals surface area contributed by atoms with Gasteiger partial charge in [-0.1, -0.05) is 19.1 Å². The van der Waals surface area contributed by atoms with Gasteiger partial charge in [0.15, 0.2) is 17.7 Å². The van der Waals surface area contributed by atoms with Gasteiger partial charge in [0.05, 0.1) is 22.6 Å². The van der Waals surface area contributed by atoms with Crippen molar-refractivity contribution < 1.29 is 9.50 Å². The first-order valence-electron chi connectivity index (χ1n) is 11.3. The van der Waals surface area contributed by atoms with Crippen molar-refractivity contribution in [2.24, 2.45) is 4.99 Å². The van der Waals surface area contributed by atoms with Gasteiger partial charge in [0.1, 0.15) is 0 Å². The Bertz CT molecular complexity index is 1260. The molecule has 1 aromatic heterocycles. The van der Waals surface area contributed by atoms with E-state index in [1.807, 2.05) is 25.1 Å². The molecule has 3 N–H and O–H groups in total. The van der Waals surface area contributed by atoms with Crippen LogP contribution in [0.15, 0.2) is 47.1 Å². The second kappa shape index (κ2) is 8.61. The molecule has 3 heterocycles. The van der Waals surface area contributed by atoms with Gasteiger partial charge < -0.3 is 15.3 Å². The molecule has 7 nitrogen and oxygen atoms in total. The number of H-pyrrole nitrogens is 1. The van der Waals surface area contributed by atoms with Gasteiger partial charge in [-0.05, 0) is 61.5 Å². The second-order valence-corrected chi connectivity index (χ2v) is 8.96. The zero-order valence-electron chi connectivity index (χ0n) is 19.2. The van der Waals surface area contributed by atoms with Crippen molar-refractivity contribution in [1.82, 2.24) is 25.3 Å². The van der Waals surface area contributed by atoms with Crippen molar-refractivity contribution in [3.8, 4) is 16.9 Å². The summed E-state index contributed by atoms with van der Waals surface area (Å²) in [6, 6.07) is 8.84. The third-order valence-corrected chi connectivity index (χ3v) is 6.40. The molecule has 172 valence electrons. The summed E-state index contributed by atoms with van der Waals surface area (Å²) in [5, 5.41) is 21.9. The quantitative estimate of drug-likeness (QED) is 0.538. The highest BCUT2D eigenvalue weighted by Crippen LogP contribution is 2.34. The van der Waals surface area contributed by atoms with Crippen LogP contribution in [-0.2, 0) is 6.42 Å². The topological polar surface area (TPSA) is 79.8 Å². The number of aromatic hydroxyl groups is 1. The second-order valence-electron chi connectivity index (χ2n) is 8.96. The lowest BCUT2D eigenvalue weighted by Gasteiger charge is -2.26. The summed E-state index contributed by atoms with van der Waals surface area (Å²) in [5.74, 6) is -0.937. The predicted molar refractivity (Wildman–Crippen MR) is 129 cm³/mol. The van der Waals surface area contributed by atoms with Crippen LogP contribution < -0.4 is 5.32 Å². The number of benzene rings is 2. The number of hydrogen-bond acceptors (Lipinski definition) is 6. The number of nitrogens with zero attached hydrogens (tertiary/aromatic N) is 4. The summed E-state index contributed by atoms with van der Waals surface area (Å²) in [5.41, 5.74) is 6.44. The molecule has 0 bridgehead atoms. The summed E-state index contributed by atoms with van der Waals surface area (Å²) in [6.07, 6.45) is 2.70. The molecule has 33 heavy (non-hydrogen) atoms. The fourth-order valence-electron chi connectivity index (χ4n) is 4.51. The molecular weight excluding hydrogens is 419 g/mol. The molecule has 0 fully saturated rings. The highest BCUT2D eigenvalue weighted by molar-refractivity contribution is 6.04. The van der Waals surface area contributed by atoms with Gasteiger partial charge in [0.25, 0.3) is 0 Å². The number of phenols is 1. The first-order valence-corrected chi connectivity index (χ1v) is 11.3. The first-order chi connectivity index (χ1) is 15.9. The van der Waals surface area contributed by atoms with Crippen LogP contribution in [0, 0.1) is 5.82 Å². The third-order valence-electron chi connectivity index (χ3n) is 6.40. The highest BCUT2D eigenvalue weighted by atomic mass is 19.1. The summed E-state index contributed by atoms with van der Waals surface area (Å²) in [6.45, 7) is 5.77. The maximum Gasteiger partial charge on any atom is 0.165 e. The standard InChI is InChI=1S/C25H29FN6O/c1-4-15-12-23(33)19(26)13-18(15)16-5-6-17-21(11-16)29-30-24(17)25-27-20-7-8-32(10-9-31(2)3)14-22(20)28-25/h5-7,11-13,25,27,33H,4,8-10,14H2,1-3H3,(H,29,30). The van der Waals surface area contributed by atoms with Crippen molar-refractivity contribution in [2.75, 3.05) is 40.3 Å². The Balaban J connectivity index is 1.41. The fraction of sp³-hybridized carbons (Fsp3) is 0.360. The average molecular weight is 449 g/mol. The molecule has 3 aromatic rings. The van der Waals surface area contributed by atoms with Gasteiger partial charge in [-0.15, -0.1) is 0 Å². The van der Waals surface area contributed by atoms with Crippen LogP contribution in [0.1, 0.15) is 24.3 Å². The number of hydrogen-bond donors (Lipinski definition) is 3. The number of aryl methyl sites for hydroxylation is 1. The third kappa shape index (κ3) is 4.12. The number of aliphatic imine (C=N–C) groups is 1. The molecule has 2 aliphatic rings. The number of aromatic amines is 1. The SMILES string of the molecule is CCc1cc(O)c(F)cc1-c1ccc2c(C3N=C4CN(CCN(C)C)CC=C4N3)[nH]nc2c1. The summed E-state index contributed by atoms with van der Waals surface area (Å²) < 4.78 is 14.1. The van der Waals surface area contributed by atoms with Crippen LogP contribution >= 0.6 is 0 Å². The van der Waals surface area contributed by atoms with Gasteiger partial charge in [-0.25, -0.2) is 4.39 Å². The molecular formula is C25H29FN6O. The Morgan fingerprint density at radius 3 is 2.88 bits per heavy atom. The van der Waals surface area contributed by atoms with Crippen LogP contribution in [0.25, 0.3) is 22.0 Å². The summed E-state index contributed by atoms with van der Waals surface area (Å²) in [4.78, 5) is 9.53. The lowest BCUT2D eigenvalue weighted by molar-refractivity contribution is 0.284. The molecule has 0 saturated carbocycles. The fourth-order valence-corrected chi connectivity index (χ4v) is 4.51. The van der Waals surface area contributed by atoms with E-state index in [4.69, 9.17) is 4.99 Å². The number of halogens is 1. The van der Waals surface area contributed by atoms with E-state index >= 15 is 0 Å². The van der Waals surface area contributed by atoms with Crippen molar-refractivity contribution in [3.63, 3.8) is 0 Å². The smallest absolute Gasteiger partial charge is 0.165 e. The predicted octanol–water partition coefficient (Wildman–Crippen LogP) is 3.44. The van der Waals surface area contributed by atoms with Gasteiger partial charge >= 0.3 is 0 Å².